The predicted molar refractivity (Wildman–Crippen MR) is 88.6 cm³/mol. The second-order valence-corrected chi connectivity index (χ2v) is 7.00. The zero-order valence-electron chi connectivity index (χ0n) is 11.8. The maximum atomic E-state index is 13.2. The maximum absolute atomic E-state index is 13.2. The van der Waals surface area contributed by atoms with Gasteiger partial charge in [0.25, 0.3) is 5.91 Å². The van der Waals surface area contributed by atoms with Crippen molar-refractivity contribution in [1.29, 1.82) is 0 Å². The summed E-state index contributed by atoms with van der Waals surface area (Å²) in [5.41, 5.74) is 0. The average Bonchev–Trinajstić information content (AvgIpc) is 3.14. The van der Waals surface area contributed by atoms with Crippen LogP contribution in [0.3, 0.4) is 0 Å². The molecule has 2 N–H and O–H groups in total. The molecule has 4 nitrogen and oxygen atoms in total. The van der Waals surface area contributed by atoms with E-state index in [2.05, 4.69) is 5.32 Å². The molecule has 0 saturated heterocycles. The molecule has 0 fully saturated rings. The first-order valence-electron chi connectivity index (χ1n) is 6.78. The fourth-order valence-electron chi connectivity index (χ4n) is 2.23. The molecular weight excluding hydrogens is 337 g/mol. The third kappa shape index (κ3) is 3.57. The minimum atomic E-state index is -0.984. The van der Waals surface area contributed by atoms with E-state index in [0.29, 0.717) is 9.58 Å². The van der Waals surface area contributed by atoms with Crippen LogP contribution in [0.4, 0.5) is 4.39 Å². The summed E-state index contributed by atoms with van der Waals surface area (Å²) < 4.78 is 13.9. The minimum absolute atomic E-state index is 0.189. The van der Waals surface area contributed by atoms with Crippen molar-refractivity contribution >= 4 is 44.6 Å². The molecule has 3 rings (SSSR count). The van der Waals surface area contributed by atoms with Gasteiger partial charge < -0.3 is 10.4 Å². The Morgan fingerprint density at radius 1 is 1.26 bits per heavy atom. The molecule has 2 heterocycles. The number of carboxylic acid groups (broad SMARTS) is 1. The van der Waals surface area contributed by atoms with Gasteiger partial charge in [-0.1, -0.05) is 12.1 Å². The molecule has 2 aromatic heterocycles. The minimum Gasteiger partial charge on any atom is -0.481 e. The van der Waals surface area contributed by atoms with Crippen molar-refractivity contribution in [2.24, 2.45) is 0 Å². The standard InChI is InChI=1S/C16H12FNO3S2/c17-10-4-3-9-6-14(23-13(9)7-10)16(21)18-11(8-15(19)20)12-2-1-5-22-12/h1-7,11H,8H2,(H,18,21)(H,19,20). The first-order chi connectivity index (χ1) is 11.0. The Labute approximate surface area is 139 Å². The number of carbonyl (C=O) groups is 2. The number of halogens is 1. The van der Waals surface area contributed by atoms with Gasteiger partial charge in [-0.15, -0.1) is 22.7 Å². The van der Waals surface area contributed by atoms with Crippen molar-refractivity contribution in [1.82, 2.24) is 5.32 Å². The molecule has 0 aliphatic heterocycles. The predicted octanol–water partition coefficient (Wildman–Crippen LogP) is 4.05. The number of rotatable bonds is 5. The van der Waals surface area contributed by atoms with Gasteiger partial charge in [0, 0.05) is 9.58 Å². The number of carbonyl (C=O) groups excluding carboxylic acids is 1. The van der Waals surface area contributed by atoms with Crippen LogP contribution in [-0.2, 0) is 4.79 Å². The third-order valence-electron chi connectivity index (χ3n) is 3.28. The maximum Gasteiger partial charge on any atom is 0.305 e. The van der Waals surface area contributed by atoms with Crippen LogP contribution in [0.15, 0.2) is 41.8 Å². The lowest BCUT2D eigenvalue weighted by molar-refractivity contribution is -0.137. The molecule has 0 bridgehead atoms. The average molecular weight is 349 g/mol. The van der Waals surface area contributed by atoms with Gasteiger partial charge in [0.2, 0.25) is 0 Å². The summed E-state index contributed by atoms with van der Waals surface area (Å²) in [5, 5.41) is 14.4. The molecule has 23 heavy (non-hydrogen) atoms. The number of thiophene rings is 2. The summed E-state index contributed by atoms with van der Waals surface area (Å²) in [6.07, 6.45) is -0.189. The van der Waals surface area contributed by atoms with Gasteiger partial charge in [-0.3, -0.25) is 9.59 Å². The zero-order chi connectivity index (χ0) is 16.4. The highest BCUT2D eigenvalue weighted by Crippen LogP contribution is 2.28. The number of nitrogens with one attached hydrogen (secondary N) is 1. The second kappa shape index (κ2) is 6.47. The van der Waals surface area contributed by atoms with E-state index in [9.17, 15) is 14.0 Å². The summed E-state index contributed by atoms with van der Waals surface area (Å²) in [5.74, 6) is -1.69. The fourth-order valence-corrected chi connectivity index (χ4v) is 4.00. The number of hydrogen-bond acceptors (Lipinski definition) is 4. The number of hydrogen-bond donors (Lipinski definition) is 2. The summed E-state index contributed by atoms with van der Waals surface area (Å²) >= 11 is 2.57. The monoisotopic (exact) mass is 349 g/mol. The van der Waals surface area contributed by atoms with Crippen molar-refractivity contribution in [3.63, 3.8) is 0 Å². The van der Waals surface area contributed by atoms with Crippen LogP contribution >= 0.6 is 22.7 Å². The van der Waals surface area contributed by atoms with E-state index in [1.165, 1.54) is 34.8 Å². The lowest BCUT2D eigenvalue weighted by Gasteiger charge is -2.14. The summed E-state index contributed by atoms with van der Waals surface area (Å²) in [6, 6.07) is 9.04. The highest BCUT2D eigenvalue weighted by atomic mass is 32.1. The van der Waals surface area contributed by atoms with Crippen molar-refractivity contribution in [3.05, 3.63) is 57.3 Å². The molecule has 0 saturated carbocycles. The normalized spacial score (nSPS) is 12.2. The van der Waals surface area contributed by atoms with E-state index in [1.807, 2.05) is 11.4 Å². The topological polar surface area (TPSA) is 66.4 Å². The van der Waals surface area contributed by atoms with Gasteiger partial charge in [-0.05, 0) is 35.0 Å². The Morgan fingerprint density at radius 3 is 2.78 bits per heavy atom. The Kier molecular flexibility index (Phi) is 4.40. The Hall–Kier alpha value is -2.25. The molecule has 0 radical (unpaired) electrons. The van der Waals surface area contributed by atoms with Gasteiger partial charge >= 0.3 is 5.97 Å². The van der Waals surface area contributed by atoms with E-state index in [1.54, 1.807) is 18.2 Å². The van der Waals surface area contributed by atoms with Crippen molar-refractivity contribution in [2.45, 2.75) is 12.5 Å². The van der Waals surface area contributed by atoms with Gasteiger partial charge in [-0.25, -0.2) is 4.39 Å². The molecule has 7 heteroatoms. The van der Waals surface area contributed by atoms with E-state index >= 15 is 0 Å². The highest BCUT2D eigenvalue weighted by Gasteiger charge is 2.21. The lowest BCUT2D eigenvalue weighted by atomic mass is 10.1. The van der Waals surface area contributed by atoms with Crippen molar-refractivity contribution in [2.75, 3.05) is 0 Å². The van der Waals surface area contributed by atoms with Gasteiger partial charge in [0.1, 0.15) is 5.82 Å². The van der Waals surface area contributed by atoms with Crippen LogP contribution in [0.25, 0.3) is 10.1 Å². The quantitative estimate of drug-likeness (QED) is 0.730. The van der Waals surface area contributed by atoms with E-state index < -0.39 is 12.0 Å². The van der Waals surface area contributed by atoms with Crippen molar-refractivity contribution < 1.29 is 19.1 Å². The molecule has 1 amide bonds. The molecule has 0 aliphatic carbocycles. The number of aliphatic carboxylic acids is 1. The molecule has 1 unspecified atom stereocenters. The van der Waals surface area contributed by atoms with Gasteiger partial charge in [-0.2, -0.15) is 0 Å². The van der Waals surface area contributed by atoms with Gasteiger partial charge in [0.05, 0.1) is 17.3 Å². The smallest absolute Gasteiger partial charge is 0.305 e. The summed E-state index contributed by atoms with van der Waals surface area (Å²) in [7, 11) is 0. The molecule has 3 aromatic rings. The summed E-state index contributed by atoms with van der Waals surface area (Å²) in [6.45, 7) is 0. The Bertz CT molecular complexity index is 857. The molecular formula is C16H12FNO3S2. The SMILES string of the molecule is O=C(O)CC(NC(=O)c1cc2ccc(F)cc2s1)c1cccs1. The number of amides is 1. The largest absolute Gasteiger partial charge is 0.481 e. The van der Waals surface area contributed by atoms with Crippen LogP contribution in [0.2, 0.25) is 0 Å². The van der Waals surface area contributed by atoms with Crippen molar-refractivity contribution in [3.8, 4) is 0 Å². The van der Waals surface area contributed by atoms with Crippen LogP contribution in [-0.4, -0.2) is 17.0 Å². The highest BCUT2D eigenvalue weighted by molar-refractivity contribution is 7.20. The van der Waals surface area contributed by atoms with Crippen LogP contribution < -0.4 is 5.32 Å². The molecule has 118 valence electrons. The zero-order valence-corrected chi connectivity index (χ0v) is 13.4. The lowest BCUT2D eigenvalue weighted by Crippen LogP contribution is -2.29. The summed E-state index contributed by atoms with van der Waals surface area (Å²) in [4.78, 5) is 24.6. The van der Waals surface area contributed by atoms with Crippen LogP contribution in [0.5, 0.6) is 0 Å². The van der Waals surface area contributed by atoms with Crippen LogP contribution in [0, 0.1) is 5.82 Å². The second-order valence-electron chi connectivity index (χ2n) is 4.93. The molecule has 0 spiro atoms. The van der Waals surface area contributed by atoms with E-state index in [-0.39, 0.29) is 18.1 Å². The first kappa shape index (κ1) is 15.6. The number of fused-ring (bicyclic) bond motifs is 1. The Morgan fingerprint density at radius 2 is 2.09 bits per heavy atom. The van der Waals surface area contributed by atoms with Gasteiger partial charge in [0.15, 0.2) is 0 Å². The van der Waals surface area contributed by atoms with Crippen LogP contribution in [0.1, 0.15) is 27.0 Å². The van der Waals surface area contributed by atoms with E-state index in [0.717, 1.165) is 10.3 Å². The van der Waals surface area contributed by atoms with E-state index in [4.69, 9.17) is 5.11 Å². The molecule has 1 aromatic carbocycles. The fraction of sp³-hybridized carbons (Fsp3) is 0.125. The third-order valence-corrected chi connectivity index (χ3v) is 5.36. The first-order valence-corrected chi connectivity index (χ1v) is 8.47. The molecule has 0 aliphatic rings. The molecule has 1 atom stereocenters. The Balaban J connectivity index is 1.83. The number of carboxylic acids is 1. The number of benzene rings is 1.